The third-order valence-electron chi connectivity index (χ3n) is 13.6. The zero-order valence-electron chi connectivity index (χ0n) is 49.2. The van der Waals surface area contributed by atoms with Crippen LogP contribution in [-0.4, -0.2) is 109 Å². The number of hydrogen-bond acceptors (Lipinski definition) is 17. The van der Waals surface area contributed by atoms with Gasteiger partial charge in [-0.1, -0.05) is 108 Å². The number of carbonyl (C=O) groups excluding carboxylic acids is 7. The average Bonchev–Trinajstić information content (AvgIpc) is 3.62. The van der Waals surface area contributed by atoms with Crippen molar-refractivity contribution in [3.8, 4) is 23.0 Å². The number of hydrogen-bond donors (Lipinski definition) is 0. The van der Waals surface area contributed by atoms with Crippen LogP contribution in [0.5, 0.6) is 23.0 Å². The smallest absolute Gasteiger partial charge is 0.417 e. The first-order valence-electron chi connectivity index (χ1n) is 28.6. The zero-order chi connectivity index (χ0) is 59.6. The van der Waals surface area contributed by atoms with Crippen LogP contribution in [0.3, 0.4) is 0 Å². The molecular weight excluding hydrogens is 1050 g/mol. The van der Waals surface area contributed by atoms with Crippen LogP contribution in [0.25, 0.3) is 0 Å². The highest BCUT2D eigenvalue weighted by Crippen LogP contribution is 2.41. The number of carbonyl (C=O) groups is 7. The summed E-state index contributed by atoms with van der Waals surface area (Å²) in [5, 5.41) is 0. The van der Waals surface area contributed by atoms with Crippen LogP contribution in [0.15, 0.2) is 60.7 Å². The Hall–Kier alpha value is -7.69. The molecule has 0 aromatic heterocycles. The van der Waals surface area contributed by atoms with E-state index >= 15 is 0 Å². The maximum atomic E-state index is 12.7. The Balaban J connectivity index is 1.91. The van der Waals surface area contributed by atoms with E-state index in [9.17, 15) is 33.6 Å². The molecule has 82 heavy (non-hydrogen) atoms. The summed E-state index contributed by atoms with van der Waals surface area (Å²) in [6, 6.07) is 17.1. The Labute approximate surface area is 482 Å². The number of ketones is 1. The number of fused-ring (bicyclic) bond motifs is 8. The molecular formula is C65H82O17. The molecule has 0 aliphatic heterocycles. The molecule has 0 heterocycles. The Morgan fingerprint density at radius 1 is 0.354 bits per heavy atom. The molecule has 0 N–H and O–H groups in total. The molecule has 8 bridgehead atoms. The Kier molecular flexibility index (Phi) is 26.9. The Morgan fingerprint density at radius 2 is 0.585 bits per heavy atom. The van der Waals surface area contributed by atoms with Crippen LogP contribution in [0, 0.1) is 0 Å². The van der Waals surface area contributed by atoms with Crippen LogP contribution in [0.4, 0.5) is 0 Å². The van der Waals surface area contributed by atoms with Crippen molar-refractivity contribution in [1.82, 2.24) is 0 Å². The van der Waals surface area contributed by atoms with Gasteiger partial charge in [-0.05, 0) is 125 Å². The topological polar surface area (TPSA) is 212 Å². The molecule has 0 saturated carbocycles. The fourth-order valence-corrected chi connectivity index (χ4v) is 9.64. The summed E-state index contributed by atoms with van der Waals surface area (Å²) in [7, 11) is 2.20. The van der Waals surface area contributed by atoms with Gasteiger partial charge >= 0.3 is 35.8 Å². The number of rotatable bonds is 30. The first kappa shape index (κ1) is 65.1. The fourth-order valence-electron chi connectivity index (χ4n) is 9.64. The summed E-state index contributed by atoms with van der Waals surface area (Å²) >= 11 is 0. The molecule has 1 aliphatic rings. The first-order chi connectivity index (χ1) is 39.5. The molecule has 4 aromatic rings. The number of unbranched alkanes of at least 4 members (excludes halogenated alkanes) is 4. The third kappa shape index (κ3) is 19.8. The van der Waals surface area contributed by atoms with Gasteiger partial charge in [0.05, 0.1) is 14.2 Å². The molecule has 0 spiro atoms. The minimum Gasteiger partial charge on any atom is -0.489 e. The lowest BCUT2D eigenvalue weighted by atomic mass is 9.87. The van der Waals surface area contributed by atoms with E-state index in [1.165, 1.54) is 0 Å². The third-order valence-corrected chi connectivity index (χ3v) is 13.6. The summed E-state index contributed by atoms with van der Waals surface area (Å²) in [5.41, 5.74) is 11.0. The normalized spacial score (nSPS) is 11.6. The van der Waals surface area contributed by atoms with Crippen molar-refractivity contribution in [3.05, 3.63) is 127 Å². The van der Waals surface area contributed by atoms with Crippen LogP contribution in [-0.2, 0) is 113 Å². The molecule has 0 atom stereocenters. The number of methoxy groups -OCH3 is 2. The second-order valence-corrected chi connectivity index (χ2v) is 20.4. The van der Waals surface area contributed by atoms with E-state index in [0.717, 1.165) is 165 Å². The van der Waals surface area contributed by atoms with Gasteiger partial charge in [-0.2, -0.15) is 0 Å². The lowest BCUT2D eigenvalue weighted by Crippen LogP contribution is -2.22. The summed E-state index contributed by atoms with van der Waals surface area (Å²) < 4.78 is 57.9. The van der Waals surface area contributed by atoms with Crippen molar-refractivity contribution in [3.63, 3.8) is 0 Å². The van der Waals surface area contributed by atoms with Gasteiger partial charge < -0.3 is 47.4 Å². The molecule has 17 heteroatoms. The van der Waals surface area contributed by atoms with E-state index in [2.05, 4.69) is 92.3 Å². The summed E-state index contributed by atoms with van der Waals surface area (Å²) in [4.78, 5) is 86.2. The summed E-state index contributed by atoms with van der Waals surface area (Å²) in [6.07, 6.45) is 11.5. The van der Waals surface area contributed by atoms with E-state index in [1.807, 2.05) is 0 Å². The van der Waals surface area contributed by atoms with E-state index in [1.54, 1.807) is 6.92 Å². The molecule has 4 aromatic carbocycles. The standard InChI is InChI=1S/C65H82O17/c1-10-14-18-44-30-48-38-52-34-46(20-16-12-3)36-54(58(52)77-24-28-81-64(71)62(69)73-8)40-50-32-45(19-15-11-2)33-51(57(50)76-23-27-80-61(68)43(7)66)41-55-37-47(21-17-13-4)35-53(59(55)78-25-29-82-65(72)63(70)74-9)39-49(31-44)56(48)75-22-26-79-60(67)42(5)6/h30-37H,5,10-29,38-41H2,1-4,6-9H3. The van der Waals surface area contributed by atoms with Gasteiger partial charge in [0.15, 0.2) is 0 Å². The number of esters is 6. The van der Waals surface area contributed by atoms with Crippen molar-refractivity contribution in [2.45, 2.75) is 144 Å². The molecule has 0 fully saturated rings. The molecule has 0 radical (unpaired) electrons. The lowest BCUT2D eigenvalue weighted by Gasteiger charge is -2.25. The first-order valence-corrected chi connectivity index (χ1v) is 28.6. The lowest BCUT2D eigenvalue weighted by molar-refractivity contribution is -0.166. The number of aryl methyl sites for hydroxylation is 4. The van der Waals surface area contributed by atoms with Crippen LogP contribution >= 0.6 is 0 Å². The van der Waals surface area contributed by atoms with Gasteiger partial charge in [-0.3, -0.25) is 4.79 Å². The molecule has 444 valence electrons. The zero-order valence-corrected chi connectivity index (χ0v) is 49.2. The summed E-state index contributed by atoms with van der Waals surface area (Å²) in [5.74, 6) is -4.69. The minimum absolute atomic E-state index is 0.00643. The largest absolute Gasteiger partial charge is 0.489 e. The Bertz CT molecular complexity index is 2590. The number of ether oxygens (including phenoxy) is 10. The van der Waals surface area contributed by atoms with Gasteiger partial charge in [0.25, 0.3) is 0 Å². The van der Waals surface area contributed by atoms with E-state index in [0.29, 0.717) is 35.8 Å². The predicted octanol–water partition coefficient (Wildman–Crippen LogP) is 9.93. The highest BCUT2D eigenvalue weighted by molar-refractivity contribution is 6.32. The summed E-state index contributed by atoms with van der Waals surface area (Å²) in [6.45, 7) is 13.9. The second kappa shape index (κ2) is 33.9. The van der Waals surface area contributed by atoms with E-state index in [-0.39, 0.29) is 71.3 Å². The van der Waals surface area contributed by atoms with E-state index < -0.39 is 41.6 Å². The second-order valence-electron chi connectivity index (χ2n) is 20.4. The van der Waals surface area contributed by atoms with Crippen molar-refractivity contribution in [2.24, 2.45) is 0 Å². The predicted molar refractivity (Wildman–Crippen MR) is 307 cm³/mol. The highest BCUT2D eigenvalue weighted by atomic mass is 16.6. The molecule has 0 unspecified atom stereocenters. The van der Waals surface area contributed by atoms with Crippen molar-refractivity contribution >= 4 is 41.6 Å². The molecule has 1 aliphatic carbocycles. The van der Waals surface area contributed by atoms with Crippen LogP contribution in [0.2, 0.25) is 0 Å². The maximum Gasteiger partial charge on any atom is 0.417 e. The van der Waals surface area contributed by atoms with Crippen molar-refractivity contribution in [2.75, 3.05) is 67.1 Å². The van der Waals surface area contributed by atoms with Crippen LogP contribution in [0.1, 0.15) is 160 Å². The maximum absolute atomic E-state index is 12.7. The average molecular weight is 1140 g/mol. The molecule has 5 rings (SSSR count). The SMILES string of the molecule is C=C(C)C(=O)OCCOc1c2cc(CCCC)cc1Cc1cc(CCCC)cc(c1OCCOC(=O)C(=O)OC)Cc1cc(CCCC)cc(c1OCCOC(=O)C(C)=O)Cc1cc(CCCC)cc(c1OCCOC(=O)C(=O)OC)C2. The van der Waals surface area contributed by atoms with Crippen molar-refractivity contribution in [1.29, 1.82) is 0 Å². The Morgan fingerprint density at radius 3 is 0.793 bits per heavy atom. The van der Waals surface area contributed by atoms with Gasteiger partial charge in [0, 0.05) is 38.2 Å². The minimum atomic E-state index is -1.15. The molecule has 0 amide bonds. The number of benzene rings is 4. The van der Waals surface area contributed by atoms with Gasteiger partial charge in [-0.15, -0.1) is 0 Å². The highest BCUT2D eigenvalue weighted by Gasteiger charge is 2.26. The van der Waals surface area contributed by atoms with Gasteiger partial charge in [0.2, 0.25) is 5.78 Å². The monoisotopic (exact) mass is 1130 g/mol. The molecule has 0 saturated heterocycles. The van der Waals surface area contributed by atoms with Crippen molar-refractivity contribution < 1.29 is 80.9 Å². The number of Topliss-reactive ketones (excluding diaryl/α,β-unsaturated/α-hetero) is 1. The fraction of sp³-hybridized carbons (Fsp3) is 0.492. The van der Waals surface area contributed by atoms with Crippen LogP contribution < -0.4 is 18.9 Å². The molecule has 17 nitrogen and oxygen atoms in total. The van der Waals surface area contributed by atoms with E-state index in [4.69, 9.17) is 37.9 Å². The van der Waals surface area contributed by atoms with Gasteiger partial charge in [-0.25, -0.2) is 28.8 Å². The van der Waals surface area contributed by atoms with Gasteiger partial charge in [0.1, 0.15) is 75.9 Å². The quantitative estimate of drug-likeness (QED) is 0.0138.